The molecule has 1 aromatic carbocycles. The Balaban J connectivity index is 2.01. The summed E-state index contributed by atoms with van der Waals surface area (Å²) in [5.74, 6) is 0.600. The van der Waals surface area contributed by atoms with E-state index >= 15 is 0 Å². The molecule has 1 saturated heterocycles. The smallest absolute Gasteiger partial charge is 0.224 e. The molecule has 130 valence electrons. The Bertz CT molecular complexity index is 619. The lowest BCUT2D eigenvalue weighted by Gasteiger charge is -2.31. The van der Waals surface area contributed by atoms with Crippen LogP contribution in [0.5, 0.6) is 0 Å². The largest absolute Gasteiger partial charge is 0.343 e. The summed E-state index contributed by atoms with van der Waals surface area (Å²) in [6, 6.07) is 6.98. The average Bonchev–Trinajstić information content (AvgIpc) is 2.55. The van der Waals surface area contributed by atoms with Gasteiger partial charge >= 0.3 is 0 Å². The fraction of sp³-hybridized carbons (Fsp3) is 0.526. The van der Waals surface area contributed by atoms with Crippen molar-refractivity contribution in [3.05, 3.63) is 29.8 Å². The van der Waals surface area contributed by atoms with Gasteiger partial charge in [-0.05, 0) is 37.8 Å². The van der Waals surface area contributed by atoms with E-state index in [0.29, 0.717) is 30.1 Å². The highest BCUT2D eigenvalue weighted by molar-refractivity contribution is 5.97. The van der Waals surface area contributed by atoms with Gasteiger partial charge in [-0.15, -0.1) is 0 Å². The van der Waals surface area contributed by atoms with Crippen LogP contribution in [0.1, 0.15) is 50.4 Å². The van der Waals surface area contributed by atoms with Crippen molar-refractivity contribution in [1.29, 1.82) is 0 Å². The third-order valence-electron chi connectivity index (χ3n) is 4.63. The van der Waals surface area contributed by atoms with E-state index in [4.69, 9.17) is 0 Å². The van der Waals surface area contributed by atoms with Crippen LogP contribution in [0.15, 0.2) is 24.3 Å². The summed E-state index contributed by atoms with van der Waals surface area (Å²) in [6.07, 6.45) is 2.39. The molecule has 1 aliphatic rings. The number of nitrogens with zero attached hydrogens (tertiary/aromatic N) is 2. The van der Waals surface area contributed by atoms with Crippen molar-refractivity contribution in [3.8, 4) is 0 Å². The molecule has 0 aliphatic carbocycles. The second-order valence-electron chi connectivity index (χ2n) is 6.59. The van der Waals surface area contributed by atoms with Crippen LogP contribution < -0.4 is 4.90 Å². The minimum atomic E-state index is -0.129. The normalized spacial score (nSPS) is 15.2. The molecule has 0 bridgehead atoms. The number of amides is 2. The van der Waals surface area contributed by atoms with E-state index in [2.05, 4.69) is 6.92 Å². The number of likely N-dealkylation sites (tertiary alicyclic amines) is 1. The van der Waals surface area contributed by atoms with E-state index in [-0.39, 0.29) is 17.6 Å². The summed E-state index contributed by atoms with van der Waals surface area (Å²) >= 11 is 0. The summed E-state index contributed by atoms with van der Waals surface area (Å²) in [5.41, 5.74) is 1.23. The lowest BCUT2D eigenvalue weighted by molar-refractivity contribution is -0.132. The summed E-state index contributed by atoms with van der Waals surface area (Å²) < 4.78 is 0. The predicted octanol–water partition coefficient (Wildman–Crippen LogP) is 2.89. The second kappa shape index (κ2) is 8.08. The zero-order valence-corrected chi connectivity index (χ0v) is 14.7. The summed E-state index contributed by atoms with van der Waals surface area (Å²) in [7, 11) is 0. The number of carbonyl (C=O) groups is 3. The first-order valence-corrected chi connectivity index (χ1v) is 8.55. The van der Waals surface area contributed by atoms with Crippen molar-refractivity contribution in [2.24, 2.45) is 5.92 Å². The van der Waals surface area contributed by atoms with Gasteiger partial charge in [0.05, 0.1) is 0 Å². The van der Waals surface area contributed by atoms with Crippen molar-refractivity contribution in [2.45, 2.75) is 40.0 Å². The highest BCUT2D eigenvalue weighted by atomic mass is 16.2. The summed E-state index contributed by atoms with van der Waals surface area (Å²) in [4.78, 5) is 39.3. The zero-order valence-electron chi connectivity index (χ0n) is 14.7. The Morgan fingerprint density at radius 2 is 1.83 bits per heavy atom. The molecular formula is C19H26N2O3. The monoisotopic (exact) mass is 330 g/mol. The maximum atomic E-state index is 12.4. The SMILES string of the molecule is CC(=O)c1cccc(N(CCC(=O)N2CCC(C)CC2)C(C)=O)c1. The third-order valence-corrected chi connectivity index (χ3v) is 4.63. The van der Waals surface area contributed by atoms with Crippen molar-refractivity contribution < 1.29 is 14.4 Å². The van der Waals surface area contributed by atoms with Gasteiger partial charge in [-0.25, -0.2) is 0 Å². The molecule has 5 nitrogen and oxygen atoms in total. The van der Waals surface area contributed by atoms with Crippen LogP contribution in [0.4, 0.5) is 5.69 Å². The van der Waals surface area contributed by atoms with Crippen molar-refractivity contribution in [1.82, 2.24) is 4.90 Å². The molecule has 0 radical (unpaired) electrons. The molecule has 0 unspecified atom stereocenters. The maximum Gasteiger partial charge on any atom is 0.224 e. The van der Waals surface area contributed by atoms with Crippen LogP contribution in [0.2, 0.25) is 0 Å². The van der Waals surface area contributed by atoms with Gasteiger partial charge in [0.25, 0.3) is 0 Å². The molecule has 5 heteroatoms. The van der Waals surface area contributed by atoms with E-state index in [1.807, 2.05) is 4.90 Å². The number of anilines is 1. The molecular weight excluding hydrogens is 304 g/mol. The first-order valence-electron chi connectivity index (χ1n) is 8.55. The highest BCUT2D eigenvalue weighted by Gasteiger charge is 2.21. The summed E-state index contributed by atoms with van der Waals surface area (Å²) in [5, 5.41) is 0. The van der Waals surface area contributed by atoms with Gasteiger partial charge in [0.15, 0.2) is 5.78 Å². The van der Waals surface area contributed by atoms with Crippen LogP contribution in [0.25, 0.3) is 0 Å². The lowest BCUT2D eigenvalue weighted by Crippen LogP contribution is -2.40. The molecule has 0 saturated carbocycles. The van der Waals surface area contributed by atoms with Crippen LogP contribution in [-0.2, 0) is 9.59 Å². The minimum Gasteiger partial charge on any atom is -0.343 e. The van der Waals surface area contributed by atoms with E-state index < -0.39 is 0 Å². The van der Waals surface area contributed by atoms with Crippen LogP contribution >= 0.6 is 0 Å². The molecule has 2 rings (SSSR count). The van der Waals surface area contributed by atoms with Crippen LogP contribution in [-0.4, -0.2) is 42.1 Å². The maximum absolute atomic E-state index is 12.4. The molecule has 1 heterocycles. The Hall–Kier alpha value is -2.17. The molecule has 0 atom stereocenters. The topological polar surface area (TPSA) is 57.7 Å². The van der Waals surface area contributed by atoms with Gasteiger partial charge < -0.3 is 9.80 Å². The Morgan fingerprint density at radius 3 is 2.42 bits per heavy atom. The van der Waals surface area contributed by atoms with Gasteiger partial charge in [-0.3, -0.25) is 14.4 Å². The quantitative estimate of drug-likeness (QED) is 0.780. The Labute approximate surface area is 143 Å². The van der Waals surface area contributed by atoms with Gasteiger partial charge in [-0.1, -0.05) is 19.1 Å². The van der Waals surface area contributed by atoms with E-state index in [9.17, 15) is 14.4 Å². The van der Waals surface area contributed by atoms with E-state index in [1.165, 1.54) is 13.8 Å². The fourth-order valence-corrected chi connectivity index (χ4v) is 2.98. The average molecular weight is 330 g/mol. The van der Waals surface area contributed by atoms with Crippen molar-refractivity contribution >= 4 is 23.3 Å². The van der Waals surface area contributed by atoms with Crippen LogP contribution in [0, 0.1) is 5.92 Å². The number of carbonyl (C=O) groups excluding carboxylic acids is 3. The lowest BCUT2D eigenvalue weighted by atomic mass is 9.99. The van der Waals surface area contributed by atoms with Gasteiger partial charge in [-0.2, -0.15) is 0 Å². The van der Waals surface area contributed by atoms with E-state index in [1.54, 1.807) is 29.2 Å². The summed E-state index contributed by atoms with van der Waals surface area (Å²) in [6.45, 7) is 7.13. The number of hydrogen-bond acceptors (Lipinski definition) is 3. The first kappa shape index (κ1) is 18.2. The number of hydrogen-bond donors (Lipinski definition) is 0. The minimum absolute atomic E-state index is 0.0427. The number of Topliss-reactive ketones (excluding diaryl/α,β-unsaturated/α-hetero) is 1. The predicted molar refractivity (Wildman–Crippen MR) is 94.1 cm³/mol. The molecule has 2 amide bonds. The van der Waals surface area contributed by atoms with Crippen molar-refractivity contribution in [3.63, 3.8) is 0 Å². The van der Waals surface area contributed by atoms with Gasteiger partial charge in [0.2, 0.25) is 11.8 Å². The molecule has 0 N–H and O–H groups in total. The number of piperidine rings is 1. The molecule has 0 spiro atoms. The van der Waals surface area contributed by atoms with Gasteiger partial charge in [0, 0.05) is 44.2 Å². The van der Waals surface area contributed by atoms with Crippen molar-refractivity contribution in [2.75, 3.05) is 24.5 Å². The Kier molecular flexibility index (Phi) is 6.12. The molecule has 1 aromatic rings. The van der Waals surface area contributed by atoms with Crippen LogP contribution in [0.3, 0.4) is 0 Å². The van der Waals surface area contributed by atoms with Gasteiger partial charge in [0.1, 0.15) is 0 Å². The molecule has 1 fully saturated rings. The molecule has 1 aliphatic heterocycles. The second-order valence-corrected chi connectivity index (χ2v) is 6.59. The molecule has 24 heavy (non-hydrogen) atoms. The zero-order chi connectivity index (χ0) is 17.7. The first-order chi connectivity index (χ1) is 11.4. The molecule has 0 aromatic heterocycles. The number of ketones is 1. The standard InChI is InChI=1S/C19H26N2O3/c1-14-7-10-20(11-8-14)19(24)9-12-21(16(3)23)18-6-4-5-17(13-18)15(2)22/h4-6,13-14H,7-12H2,1-3H3. The Morgan fingerprint density at radius 1 is 1.17 bits per heavy atom. The number of benzene rings is 1. The highest BCUT2D eigenvalue weighted by Crippen LogP contribution is 2.19. The number of rotatable bonds is 5. The fourth-order valence-electron chi connectivity index (χ4n) is 2.98. The van der Waals surface area contributed by atoms with E-state index in [0.717, 1.165) is 25.9 Å². The third kappa shape index (κ3) is 4.66.